The lowest BCUT2D eigenvalue weighted by Crippen LogP contribution is -2.34. The third kappa shape index (κ3) is 2.24. The molecule has 5 heteroatoms. The van der Waals surface area contributed by atoms with Crippen molar-refractivity contribution in [3.05, 3.63) is 23.7 Å². The van der Waals surface area contributed by atoms with Crippen LogP contribution in [0.25, 0.3) is 6.08 Å². The highest BCUT2D eigenvalue weighted by Gasteiger charge is 2.23. The first-order valence-electron chi connectivity index (χ1n) is 5.16. The fraction of sp³-hybridized carbons (Fsp3) is 0.455. The molecule has 2 heterocycles. The SMILES string of the molecule is CC(C)(C)OC(=O)N1C=Cc2[nH]ncc2C1. The maximum Gasteiger partial charge on any atom is 0.414 e. The molecular weight excluding hydrogens is 206 g/mol. The molecule has 0 radical (unpaired) electrons. The Hall–Kier alpha value is -1.78. The van der Waals surface area contributed by atoms with Crippen molar-refractivity contribution in [1.82, 2.24) is 15.1 Å². The number of hydrogen-bond acceptors (Lipinski definition) is 3. The molecule has 0 spiro atoms. The summed E-state index contributed by atoms with van der Waals surface area (Å²) in [5, 5.41) is 6.77. The second kappa shape index (κ2) is 3.66. The van der Waals surface area contributed by atoms with E-state index in [0.717, 1.165) is 11.3 Å². The smallest absolute Gasteiger partial charge is 0.414 e. The van der Waals surface area contributed by atoms with Gasteiger partial charge >= 0.3 is 6.09 Å². The molecular formula is C11H15N3O2. The molecule has 0 saturated carbocycles. The molecule has 1 N–H and O–H groups in total. The van der Waals surface area contributed by atoms with Crippen molar-refractivity contribution in [1.29, 1.82) is 0 Å². The number of H-pyrrole nitrogens is 1. The van der Waals surface area contributed by atoms with Crippen LogP contribution in [0.1, 0.15) is 32.0 Å². The van der Waals surface area contributed by atoms with Gasteiger partial charge in [-0.25, -0.2) is 4.79 Å². The molecule has 5 nitrogen and oxygen atoms in total. The standard InChI is InChI=1S/C11H15N3O2/c1-11(2,3)16-10(15)14-5-4-9-8(7-14)6-12-13-9/h4-6H,7H2,1-3H3,(H,12,13). The Morgan fingerprint density at radius 3 is 3.00 bits per heavy atom. The van der Waals surface area contributed by atoms with Gasteiger partial charge in [0.25, 0.3) is 0 Å². The first-order chi connectivity index (χ1) is 7.46. The minimum atomic E-state index is -0.471. The fourth-order valence-electron chi connectivity index (χ4n) is 1.44. The topological polar surface area (TPSA) is 58.2 Å². The number of aromatic nitrogens is 2. The van der Waals surface area contributed by atoms with E-state index in [1.54, 1.807) is 12.4 Å². The Bertz CT molecular complexity index is 429. The van der Waals surface area contributed by atoms with E-state index in [-0.39, 0.29) is 6.09 Å². The second-order valence-electron chi connectivity index (χ2n) is 4.73. The van der Waals surface area contributed by atoms with E-state index in [0.29, 0.717) is 6.54 Å². The summed E-state index contributed by atoms with van der Waals surface area (Å²) in [4.78, 5) is 13.3. The van der Waals surface area contributed by atoms with Gasteiger partial charge in [0.05, 0.1) is 18.4 Å². The van der Waals surface area contributed by atoms with Gasteiger partial charge in [-0.1, -0.05) is 0 Å². The van der Waals surface area contributed by atoms with E-state index in [9.17, 15) is 4.79 Å². The normalized spacial score (nSPS) is 14.8. The van der Waals surface area contributed by atoms with Gasteiger partial charge in [0.1, 0.15) is 5.60 Å². The van der Waals surface area contributed by atoms with Crippen molar-refractivity contribution in [3.63, 3.8) is 0 Å². The van der Waals surface area contributed by atoms with Crippen molar-refractivity contribution < 1.29 is 9.53 Å². The Morgan fingerprint density at radius 1 is 1.56 bits per heavy atom. The van der Waals surface area contributed by atoms with Gasteiger partial charge in [0.15, 0.2) is 0 Å². The van der Waals surface area contributed by atoms with Crippen LogP contribution < -0.4 is 0 Å². The molecule has 0 aliphatic carbocycles. The summed E-state index contributed by atoms with van der Waals surface area (Å²) in [5.74, 6) is 0. The summed E-state index contributed by atoms with van der Waals surface area (Å²) < 4.78 is 5.27. The van der Waals surface area contributed by atoms with Crippen molar-refractivity contribution in [3.8, 4) is 0 Å². The Labute approximate surface area is 94.1 Å². The number of amides is 1. The Kier molecular flexibility index (Phi) is 2.46. The van der Waals surface area contributed by atoms with E-state index >= 15 is 0 Å². The van der Waals surface area contributed by atoms with Crippen LogP contribution in [0.15, 0.2) is 12.4 Å². The first kappa shape index (κ1) is 10.7. The monoisotopic (exact) mass is 221 g/mol. The molecule has 1 amide bonds. The summed E-state index contributed by atoms with van der Waals surface area (Å²) >= 11 is 0. The molecule has 1 aliphatic heterocycles. The van der Waals surface area contributed by atoms with Gasteiger partial charge < -0.3 is 4.74 Å². The van der Waals surface area contributed by atoms with Crippen LogP contribution in [0.4, 0.5) is 4.79 Å². The van der Waals surface area contributed by atoms with Crippen LogP contribution >= 0.6 is 0 Å². The van der Waals surface area contributed by atoms with E-state index in [1.165, 1.54) is 4.90 Å². The van der Waals surface area contributed by atoms with Crippen molar-refractivity contribution in [2.75, 3.05) is 0 Å². The van der Waals surface area contributed by atoms with Crippen LogP contribution in [-0.4, -0.2) is 26.8 Å². The molecule has 1 aromatic rings. The van der Waals surface area contributed by atoms with Gasteiger partial charge in [-0.15, -0.1) is 0 Å². The molecule has 0 atom stereocenters. The molecule has 0 fully saturated rings. The van der Waals surface area contributed by atoms with E-state index in [2.05, 4.69) is 10.2 Å². The lowest BCUT2D eigenvalue weighted by atomic mass is 10.2. The largest absolute Gasteiger partial charge is 0.443 e. The molecule has 16 heavy (non-hydrogen) atoms. The van der Waals surface area contributed by atoms with Crippen molar-refractivity contribution in [2.45, 2.75) is 32.9 Å². The van der Waals surface area contributed by atoms with Gasteiger partial charge in [-0.05, 0) is 26.8 Å². The molecule has 2 rings (SSSR count). The maximum atomic E-state index is 11.8. The van der Waals surface area contributed by atoms with E-state index in [4.69, 9.17) is 4.74 Å². The number of carbonyl (C=O) groups is 1. The zero-order valence-corrected chi connectivity index (χ0v) is 9.65. The minimum Gasteiger partial charge on any atom is -0.443 e. The number of fused-ring (bicyclic) bond motifs is 1. The summed E-state index contributed by atoms with van der Waals surface area (Å²) in [6, 6.07) is 0. The molecule has 1 aromatic heterocycles. The molecule has 0 aromatic carbocycles. The summed E-state index contributed by atoms with van der Waals surface area (Å²) in [5.41, 5.74) is 1.47. The molecule has 0 unspecified atom stereocenters. The zero-order chi connectivity index (χ0) is 11.8. The average molecular weight is 221 g/mol. The molecule has 86 valence electrons. The Balaban J connectivity index is 2.06. The zero-order valence-electron chi connectivity index (χ0n) is 9.65. The Morgan fingerprint density at radius 2 is 2.31 bits per heavy atom. The third-order valence-corrected chi connectivity index (χ3v) is 2.14. The van der Waals surface area contributed by atoms with Crippen LogP contribution in [0.2, 0.25) is 0 Å². The molecule has 1 aliphatic rings. The van der Waals surface area contributed by atoms with Gasteiger partial charge in [0.2, 0.25) is 0 Å². The number of nitrogens with one attached hydrogen (secondary N) is 1. The van der Waals surface area contributed by atoms with Gasteiger partial charge in [0, 0.05) is 11.8 Å². The third-order valence-electron chi connectivity index (χ3n) is 2.14. The maximum absolute atomic E-state index is 11.8. The molecule has 0 bridgehead atoms. The van der Waals surface area contributed by atoms with Crippen molar-refractivity contribution >= 4 is 12.2 Å². The van der Waals surface area contributed by atoms with Crippen LogP contribution in [-0.2, 0) is 11.3 Å². The van der Waals surface area contributed by atoms with Crippen LogP contribution in [0.5, 0.6) is 0 Å². The number of nitrogens with zero attached hydrogens (tertiary/aromatic N) is 2. The first-order valence-corrected chi connectivity index (χ1v) is 5.16. The van der Waals surface area contributed by atoms with Crippen LogP contribution in [0.3, 0.4) is 0 Å². The summed E-state index contributed by atoms with van der Waals surface area (Å²) in [6.45, 7) is 6.04. The van der Waals surface area contributed by atoms with E-state index < -0.39 is 5.60 Å². The lowest BCUT2D eigenvalue weighted by Gasteiger charge is -2.26. The van der Waals surface area contributed by atoms with Crippen molar-refractivity contribution in [2.24, 2.45) is 0 Å². The predicted molar refractivity (Wildman–Crippen MR) is 59.4 cm³/mol. The average Bonchev–Trinajstić information content (AvgIpc) is 2.61. The summed E-state index contributed by atoms with van der Waals surface area (Å²) in [6.07, 6.45) is 4.90. The second-order valence-corrected chi connectivity index (χ2v) is 4.73. The fourth-order valence-corrected chi connectivity index (χ4v) is 1.44. The number of rotatable bonds is 0. The highest BCUT2D eigenvalue weighted by atomic mass is 16.6. The van der Waals surface area contributed by atoms with E-state index in [1.807, 2.05) is 26.8 Å². The predicted octanol–water partition coefficient (Wildman–Crippen LogP) is 2.13. The quantitative estimate of drug-likeness (QED) is 0.730. The number of aromatic amines is 1. The lowest BCUT2D eigenvalue weighted by molar-refractivity contribution is 0.0322. The summed E-state index contributed by atoms with van der Waals surface area (Å²) in [7, 11) is 0. The van der Waals surface area contributed by atoms with Gasteiger partial charge in [-0.2, -0.15) is 5.10 Å². The van der Waals surface area contributed by atoms with Gasteiger partial charge in [-0.3, -0.25) is 10.00 Å². The number of ether oxygens (including phenoxy) is 1. The highest BCUT2D eigenvalue weighted by molar-refractivity contribution is 5.72. The van der Waals surface area contributed by atoms with Crippen LogP contribution in [0, 0.1) is 0 Å². The highest BCUT2D eigenvalue weighted by Crippen LogP contribution is 2.19. The number of carbonyl (C=O) groups excluding carboxylic acids is 1. The molecule has 0 saturated heterocycles. The minimum absolute atomic E-state index is 0.337. The number of hydrogen-bond donors (Lipinski definition) is 1.